The summed E-state index contributed by atoms with van der Waals surface area (Å²) < 4.78 is 0. The summed E-state index contributed by atoms with van der Waals surface area (Å²) in [6.45, 7) is 2.01. The van der Waals surface area contributed by atoms with Gasteiger partial charge in [-0.1, -0.05) is 49.6 Å². The minimum atomic E-state index is -0.605. The van der Waals surface area contributed by atoms with Gasteiger partial charge in [-0.25, -0.2) is 4.98 Å². The van der Waals surface area contributed by atoms with Crippen LogP contribution in [0.2, 0.25) is 5.02 Å². The van der Waals surface area contributed by atoms with Crippen LogP contribution in [0.25, 0.3) is 0 Å². The summed E-state index contributed by atoms with van der Waals surface area (Å²) in [5.74, 6) is -0.242. The molecule has 4 rings (SSSR count). The lowest BCUT2D eigenvalue weighted by atomic mass is 9.95. The molecule has 1 aliphatic rings. The molecule has 1 aromatic heterocycles. The number of anilines is 1. The molecule has 1 aliphatic heterocycles. The van der Waals surface area contributed by atoms with E-state index in [-0.39, 0.29) is 18.4 Å². The van der Waals surface area contributed by atoms with Crippen molar-refractivity contribution in [1.29, 1.82) is 5.26 Å². The molecule has 3 aromatic rings. The number of H-pyrrole nitrogens is 1. The van der Waals surface area contributed by atoms with Crippen LogP contribution in [-0.4, -0.2) is 39.3 Å². The zero-order valence-electron chi connectivity index (χ0n) is 18.9. The van der Waals surface area contributed by atoms with Gasteiger partial charge in [0.05, 0.1) is 35.9 Å². The number of nitriles is 1. The predicted molar refractivity (Wildman–Crippen MR) is 130 cm³/mol. The Labute approximate surface area is 204 Å². The molecule has 0 spiro atoms. The van der Waals surface area contributed by atoms with Crippen molar-refractivity contribution < 1.29 is 9.59 Å². The highest BCUT2D eigenvalue weighted by molar-refractivity contribution is 6.31. The van der Waals surface area contributed by atoms with Gasteiger partial charge in [0.2, 0.25) is 11.8 Å². The van der Waals surface area contributed by atoms with Crippen molar-refractivity contribution in [2.24, 2.45) is 0 Å². The van der Waals surface area contributed by atoms with Crippen molar-refractivity contribution in [2.45, 2.75) is 44.7 Å². The van der Waals surface area contributed by atoms with Crippen LogP contribution < -0.4 is 4.90 Å². The second kappa shape index (κ2) is 10.5. The molecule has 0 radical (unpaired) electrons. The number of nitrogens with one attached hydrogen (secondary N) is 1. The Kier molecular flexibility index (Phi) is 7.29. The monoisotopic (exact) mass is 475 g/mol. The summed E-state index contributed by atoms with van der Waals surface area (Å²) in [4.78, 5) is 37.9. The molecule has 1 saturated heterocycles. The Hall–Kier alpha value is -3.63. The van der Waals surface area contributed by atoms with Gasteiger partial charge in [0, 0.05) is 10.7 Å². The number of unbranched alkanes of at least 4 members (excludes halogenated alkanes) is 1. The first-order chi connectivity index (χ1) is 16.5. The van der Waals surface area contributed by atoms with Gasteiger partial charge in [-0.2, -0.15) is 5.26 Å². The Morgan fingerprint density at radius 2 is 2.03 bits per heavy atom. The quantitative estimate of drug-likeness (QED) is 0.513. The van der Waals surface area contributed by atoms with Crippen LogP contribution in [0, 0.1) is 11.3 Å². The molecule has 2 aromatic carbocycles. The van der Waals surface area contributed by atoms with Crippen LogP contribution >= 0.6 is 11.6 Å². The number of rotatable bonds is 8. The number of amides is 2. The number of imidazole rings is 1. The Balaban J connectivity index is 1.70. The highest BCUT2D eigenvalue weighted by Crippen LogP contribution is 2.33. The van der Waals surface area contributed by atoms with E-state index in [1.807, 2.05) is 12.1 Å². The predicted octanol–water partition coefficient (Wildman–Crippen LogP) is 4.65. The molecule has 34 heavy (non-hydrogen) atoms. The van der Waals surface area contributed by atoms with Crippen LogP contribution in [-0.2, 0) is 16.0 Å². The molecule has 2 heterocycles. The number of carbonyl (C=O) groups is 2. The maximum atomic E-state index is 13.7. The minimum Gasteiger partial charge on any atom is -0.347 e. The fraction of sp³-hybridized carbons (Fsp3) is 0.308. The summed E-state index contributed by atoms with van der Waals surface area (Å²) in [7, 11) is 0. The number of benzene rings is 2. The first-order valence-corrected chi connectivity index (χ1v) is 11.7. The number of hydrogen-bond acceptors (Lipinski definition) is 4. The van der Waals surface area contributed by atoms with Gasteiger partial charge >= 0.3 is 0 Å². The number of halogens is 1. The van der Waals surface area contributed by atoms with Crippen LogP contribution in [0.15, 0.2) is 61.1 Å². The number of carbonyl (C=O) groups excluding carboxylic acids is 2. The van der Waals surface area contributed by atoms with Crippen molar-refractivity contribution in [3.8, 4) is 6.07 Å². The van der Waals surface area contributed by atoms with Crippen LogP contribution in [0.1, 0.15) is 49.0 Å². The largest absolute Gasteiger partial charge is 0.347 e. The van der Waals surface area contributed by atoms with E-state index in [0.29, 0.717) is 29.1 Å². The second-order valence-corrected chi connectivity index (χ2v) is 8.84. The molecular weight excluding hydrogens is 450 g/mol. The molecule has 2 amide bonds. The summed E-state index contributed by atoms with van der Waals surface area (Å²) in [5, 5.41) is 9.63. The molecule has 1 N–H and O–H groups in total. The topological polar surface area (TPSA) is 93.1 Å². The number of hydrogen-bond donors (Lipinski definition) is 1. The molecule has 8 heteroatoms. The highest BCUT2D eigenvalue weighted by Gasteiger charge is 2.43. The van der Waals surface area contributed by atoms with Gasteiger partial charge in [-0.3, -0.25) is 9.59 Å². The summed E-state index contributed by atoms with van der Waals surface area (Å²) >= 11 is 6.16. The van der Waals surface area contributed by atoms with Gasteiger partial charge < -0.3 is 14.8 Å². The van der Waals surface area contributed by atoms with Crippen molar-refractivity contribution in [2.75, 3.05) is 11.4 Å². The van der Waals surface area contributed by atoms with Crippen LogP contribution in [0.3, 0.4) is 0 Å². The molecule has 2 atom stereocenters. The normalized spacial score (nSPS) is 17.0. The number of nitrogens with zero attached hydrogens (tertiary/aromatic N) is 4. The van der Waals surface area contributed by atoms with Crippen molar-refractivity contribution in [3.63, 3.8) is 0 Å². The third-order valence-electron chi connectivity index (χ3n) is 6.15. The van der Waals surface area contributed by atoms with E-state index in [9.17, 15) is 9.59 Å². The zero-order chi connectivity index (χ0) is 24.1. The van der Waals surface area contributed by atoms with E-state index < -0.39 is 12.1 Å². The van der Waals surface area contributed by atoms with Gasteiger partial charge in [-0.05, 0) is 48.7 Å². The molecule has 7 nitrogen and oxygen atoms in total. The zero-order valence-corrected chi connectivity index (χ0v) is 19.7. The van der Waals surface area contributed by atoms with Gasteiger partial charge in [0.15, 0.2) is 0 Å². The van der Waals surface area contributed by atoms with Crippen LogP contribution in [0.5, 0.6) is 0 Å². The Morgan fingerprint density at radius 1 is 1.24 bits per heavy atom. The lowest BCUT2D eigenvalue weighted by Crippen LogP contribution is -2.61. The third kappa shape index (κ3) is 4.97. The number of piperazine rings is 1. The summed E-state index contributed by atoms with van der Waals surface area (Å²) in [6.07, 6.45) is 6.06. The van der Waals surface area contributed by atoms with E-state index in [2.05, 4.69) is 23.0 Å². The van der Waals surface area contributed by atoms with E-state index in [4.69, 9.17) is 16.9 Å². The molecule has 1 fully saturated rings. The highest BCUT2D eigenvalue weighted by atomic mass is 35.5. The van der Waals surface area contributed by atoms with E-state index in [1.165, 1.54) is 4.90 Å². The average molecular weight is 476 g/mol. The summed E-state index contributed by atoms with van der Waals surface area (Å²) in [6, 6.07) is 15.5. The molecule has 0 saturated carbocycles. The van der Waals surface area contributed by atoms with Crippen molar-refractivity contribution in [3.05, 3.63) is 82.9 Å². The standard InChI is InChI=1S/C26H26ClN5O2/c1-2-3-7-23-26(34)31(21-6-4-5-20(27)13-21)16-25(33)32(23)24(22-15-29-17-30-22)12-18-8-10-19(14-28)11-9-18/h4-6,8-11,13,15,17,23-24H,2-3,7,12,16H2,1H3,(H,29,30)/t23-,24?/m0/s1. The smallest absolute Gasteiger partial charge is 0.250 e. The fourth-order valence-electron chi connectivity index (χ4n) is 4.43. The summed E-state index contributed by atoms with van der Waals surface area (Å²) in [5.41, 5.74) is 2.93. The van der Waals surface area contributed by atoms with Crippen molar-refractivity contribution >= 4 is 29.1 Å². The lowest BCUT2D eigenvalue weighted by Gasteiger charge is -2.44. The number of aromatic amines is 1. The van der Waals surface area contributed by atoms with E-state index >= 15 is 0 Å². The third-order valence-corrected chi connectivity index (χ3v) is 6.38. The molecule has 174 valence electrons. The number of aromatic nitrogens is 2. The van der Waals surface area contributed by atoms with Gasteiger partial charge in [0.25, 0.3) is 0 Å². The van der Waals surface area contributed by atoms with Gasteiger partial charge in [0.1, 0.15) is 12.6 Å². The maximum absolute atomic E-state index is 13.7. The Morgan fingerprint density at radius 3 is 2.68 bits per heavy atom. The van der Waals surface area contributed by atoms with Gasteiger partial charge in [-0.15, -0.1) is 0 Å². The maximum Gasteiger partial charge on any atom is 0.250 e. The SMILES string of the molecule is CCCC[C@H]1C(=O)N(c2cccc(Cl)c2)CC(=O)N1C(Cc1ccc(C#N)cc1)c1cnc[nH]1. The first kappa shape index (κ1) is 23.5. The molecule has 0 aliphatic carbocycles. The lowest BCUT2D eigenvalue weighted by molar-refractivity contribution is -0.146. The molecule has 0 bridgehead atoms. The first-order valence-electron chi connectivity index (χ1n) is 11.4. The van der Waals surface area contributed by atoms with Crippen LogP contribution in [0.4, 0.5) is 5.69 Å². The van der Waals surface area contributed by atoms with E-state index in [0.717, 1.165) is 24.1 Å². The van der Waals surface area contributed by atoms with E-state index in [1.54, 1.807) is 53.8 Å². The second-order valence-electron chi connectivity index (χ2n) is 8.40. The molecular formula is C26H26ClN5O2. The minimum absolute atomic E-state index is 0.0557. The average Bonchev–Trinajstić information content (AvgIpc) is 3.38. The Bertz CT molecular complexity index is 1190. The molecule has 1 unspecified atom stereocenters. The van der Waals surface area contributed by atoms with Crippen molar-refractivity contribution in [1.82, 2.24) is 14.9 Å². The fourth-order valence-corrected chi connectivity index (χ4v) is 4.61.